The lowest BCUT2D eigenvalue weighted by molar-refractivity contribution is -0.387. The first-order valence-corrected chi connectivity index (χ1v) is 8.21. The number of methoxy groups -OCH3 is 2. The van der Waals surface area contributed by atoms with Gasteiger partial charge in [-0.25, -0.2) is 8.42 Å². The molecule has 0 aliphatic heterocycles. The standard InChI is InChI=1S/C15H16N2O6S/c1-16(12-9-8-11(22-2)10-14(12)23-3)24(20,21)15-7-5-4-6-13(15)17(18)19/h4-10H,1-3H3. The van der Waals surface area contributed by atoms with Crippen LogP contribution in [-0.4, -0.2) is 34.6 Å². The van der Waals surface area contributed by atoms with Gasteiger partial charge >= 0.3 is 0 Å². The topological polar surface area (TPSA) is 99.0 Å². The monoisotopic (exact) mass is 352 g/mol. The molecule has 0 amide bonds. The zero-order chi connectivity index (χ0) is 17.9. The van der Waals surface area contributed by atoms with E-state index < -0.39 is 25.5 Å². The van der Waals surface area contributed by atoms with Crippen LogP contribution in [0.25, 0.3) is 0 Å². The highest BCUT2D eigenvalue weighted by Gasteiger charge is 2.30. The van der Waals surface area contributed by atoms with Crippen molar-refractivity contribution in [2.45, 2.75) is 4.90 Å². The molecule has 0 atom stereocenters. The van der Waals surface area contributed by atoms with E-state index in [9.17, 15) is 18.5 Å². The Bertz CT molecular complexity index is 866. The largest absolute Gasteiger partial charge is 0.497 e. The molecule has 0 aliphatic carbocycles. The van der Waals surface area contributed by atoms with Crippen LogP contribution in [0.15, 0.2) is 47.4 Å². The Kier molecular flexibility index (Phi) is 4.93. The van der Waals surface area contributed by atoms with Gasteiger partial charge in [0, 0.05) is 19.2 Å². The molecule has 2 rings (SSSR count). The highest BCUT2D eigenvalue weighted by atomic mass is 32.2. The average molecular weight is 352 g/mol. The third kappa shape index (κ3) is 3.11. The summed E-state index contributed by atoms with van der Waals surface area (Å²) in [6, 6.07) is 9.78. The van der Waals surface area contributed by atoms with E-state index in [0.29, 0.717) is 5.75 Å². The van der Waals surface area contributed by atoms with E-state index in [1.54, 1.807) is 6.07 Å². The molecule has 128 valence electrons. The fraction of sp³-hybridized carbons (Fsp3) is 0.200. The lowest BCUT2D eigenvalue weighted by Crippen LogP contribution is -2.27. The molecule has 0 N–H and O–H groups in total. The molecule has 9 heteroatoms. The van der Waals surface area contributed by atoms with Gasteiger partial charge in [0.2, 0.25) is 0 Å². The maximum absolute atomic E-state index is 12.8. The third-order valence-corrected chi connectivity index (χ3v) is 5.25. The molecule has 2 aromatic rings. The number of ether oxygens (including phenoxy) is 2. The van der Waals surface area contributed by atoms with Crippen LogP contribution in [0.3, 0.4) is 0 Å². The molecule has 0 heterocycles. The van der Waals surface area contributed by atoms with Crippen LogP contribution in [-0.2, 0) is 10.0 Å². The highest BCUT2D eigenvalue weighted by molar-refractivity contribution is 7.93. The van der Waals surface area contributed by atoms with Crippen LogP contribution in [0.1, 0.15) is 0 Å². The van der Waals surface area contributed by atoms with Gasteiger partial charge in [-0.1, -0.05) is 12.1 Å². The summed E-state index contributed by atoms with van der Waals surface area (Å²) >= 11 is 0. The smallest absolute Gasteiger partial charge is 0.289 e. The lowest BCUT2D eigenvalue weighted by Gasteiger charge is -2.22. The molecule has 2 aromatic carbocycles. The van der Waals surface area contributed by atoms with Crippen molar-refractivity contribution in [3.05, 3.63) is 52.6 Å². The summed E-state index contributed by atoms with van der Waals surface area (Å²) in [6.07, 6.45) is 0. The summed E-state index contributed by atoms with van der Waals surface area (Å²) < 4.78 is 36.8. The maximum Gasteiger partial charge on any atom is 0.289 e. The molecule has 0 aliphatic rings. The van der Waals surface area contributed by atoms with Crippen LogP contribution in [0.2, 0.25) is 0 Å². The average Bonchev–Trinajstić information content (AvgIpc) is 2.60. The summed E-state index contributed by atoms with van der Waals surface area (Å²) in [5.74, 6) is 0.756. The first-order chi connectivity index (χ1) is 11.3. The number of para-hydroxylation sites is 1. The van der Waals surface area contributed by atoms with E-state index in [0.717, 1.165) is 10.4 Å². The van der Waals surface area contributed by atoms with Crippen LogP contribution in [0.4, 0.5) is 11.4 Å². The minimum atomic E-state index is -4.15. The van der Waals surface area contributed by atoms with E-state index >= 15 is 0 Å². The van der Waals surface area contributed by atoms with Crippen LogP contribution < -0.4 is 13.8 Å². The van der Waals surface area contributed by atoms with Crippen molar-refractivity contribution in [3.8, 4) is 11.5 Å². The van der Waals surface area contributed by atoms with Crippen molar-refractivity contribution >= 4 is 21.4 Å². The summed E-state index contributed by atoms with van der Waals surface area (Å²) in [5, 5.41) is 11.1. The SMILES string of the molecule is COc1ccc(N(C)S(=O)(=O)c2ccccc2[N+](=O)[O-])c(OC)c1. The summed E-state index contributed by atoms with van der Waals surface area (Å²) in [4.78, 5) is 9.99. The van der Waals surface area contributed by atoms with E-state index in [1.165, 1.54) is 51.6 Å². The van der Waals surface area contributed by atoms with E-state index in [-0.39, 0.29) is 11.4 Å². The van der Waals surface area contributed by atoms with Crippen molar-refractivity contribution in [1.82, 2.24) is 0 Å². The lowest BCUT2D eigenvalue weighted by atomic mass is 10.3. The number of sulfonamides is 1. The van der Waals surface area contributed by atoms with Gasteiger partial charge < -0.3 is 9.47 Å². The number of benzene rings is 2. The Morgan fingerprint density at radius 1 is 1.08 bits per heavy atom. The molecule has 0 unspecified atom stereocenters. The molecular weight excluding hydrogens is 336 g/mol. The molecule has 24 heavy (non-hydrogen) atoms. The van der Waals surface area contributed by atoms with Crippen LogP contribution in [0, 0.1) is 10.1 Å². The van der Waals surface area contributed by atoms with Gasteiger partial charge in [0.1, 0.15) is 11.5 Å². The van der Waals surface area contributed by atoms with E-state index in [4.69, 9.17) is 9.47 Å². The first kappa shape index (κ1) is 17.5. The second-order valence-corrected chi connectivity index (χ2v) is 6.67. The molecule has 0 aromatic heterocycles. The number of anilines is 1. The number of hydrogen-bond donors (Lipinski definition) is 0. The van der Waals surface area contributed by atoms with Crippen LogP contribution in [0.5, 0.6) is 11.5 Å². The Balaban J connectivity index is 2.57. The molecule has 0 spiro atoms. The van der Waals surface area contributed by atoms with Gasteiger partial charge in [0.25, 0.3) is 15.7 Å². The van der Waals surface area contributed by atoms with Gasteiger partial charge in [-0.3, -0.25) is 14.4 Å². The van der Waals surface area contributed by atoms with Crippen molar-refractivity contribution < 1.29 is 22.8 Å². The fourth-order valence-electron chi connectivity index (χ4n) is 2.15. The quantitative estimate of drug-likeness (QED) is 0.585. The molecule has 0 saturated carbocycles. The van der Waals surface area contributed by atoms with Crippen LogP contribution >= 0.6 is 0 Å². The van der Waals surface area contributed by atoms with Gasteiger partial charge in [0.15, 0.2) is 4.90 Å². The molecule has 0 bridgehead atoms. The predicted octanol–water partition coefficient (Wildman–Crippen LogP) is 2.44. The normalized spacial score (nSPS) is 11.0. The van der Waals surface area contributed by atoms with Gasteiger partial charge in [0.05, 0.1) is 24.8 Å². The third-order valence-electron chi connectivity index (χ3n) is 3.43. The zero-order valence-corrected chi connectivity index (χ0v) is 14.1. The Hall–Kier alpha value is -2.81. The maximum atomic E-state index is 12.8. The Morgan fingerprint density at radius 2 is 1.75 bits per heavy atom. The summed E-state index contributed by atoms with van der Waals surface area (Å²) in [6.45, 7) is 0. The number of nitro benzene ring substituents is 1. The number of rotatable bonds is 6. The fourth-order valence-corrected chi connectivity index (χ4v) is 3.51. The van der Waals surface area contributed by atoms with Crippen molar-refractivity contribution in [2.75, 3.05) is 25.6 Å². The minimum Gasteiger partial charge on any atom is -0.497 e. The Morgan fingerprint density at radius 3 is 2.33 bits per heavy atom. The molecular formula is C15H16N2O6S. The summed E-state index contributed by atoms with van der Waals surface area (Å²) in [5.41, 5.74) is -0.256. The Labute approximate surface area is 139 Å². The van der Waals surface area contributed by atoms with Crippen molar-refractivity contribution in [1.29, 1.82) is 0 Å². The highest BCUT2D eigenvalue weighted by Crippen LogP contribution is 2.36. The molecule has 0 fully saturated rings. The predicted molar refractivity (Wildman–Crippen MR) is 88.2 cm³/mol. The van der Waals surface area contributed by atoms with Gasteiger partial charge in [-0.2, -0.15) is 0 Å². The number of nitro groups is 1. The van der Waals surface area contributed by atoms with Gasteiger partial charge in [-0.05, 0) is 18.2 Å². The zero-order valence-electron chi connectivity index (χ0n) is 13.3. The number of hydrogen-bond acceptors (Lipinski definition) is 6. The molecule has 0 saturated heterocycles. The molecule has 0 radical (unpaired) electrons. The second-order valence-electron chi connectivity index (χ2n) is 4.74. The minimum absolute atomic E-state index is 0.233. The van der Waals surface area contributed by atoms with E-state index in [2.05, 4.69) is 0 Å². The van der Waals surface area contributed by atoms with E-state index in [1.807, 2.05) is 0 Å². The first-order valence-electron chi connectivity index (χ1n) is 6.77. The molecule has 8 nitrogen and oxygen atoms in total. The van der Waals surface area contributed by atoms with Crippen molar-refractivity contribution in [2.24, 2.45) is 0 Å². The van der Waals surface area contributed by atoms with Crippen molar-refractivity contribution in [3.63, 3.8) is 0 Å². The second kappa shape index (κ2) is 6.75. The summed E-state index contributed by atoms with van der Waals surface area (Å²) in [7, 11) is 0.0199. The van der Waals surface area contributed by atoms with Gasteiger partial charge in [-0.15, -0.1) is 0 Å². The number of nitrogens with zero attached hydrogens (tertiary/aromatic N) is 2.